The molecule has 0 radical (unpaired) electrons. The highest BCUT2D eigenvalue weighted by Gasteiger charge is 2.23. The van der Waals surface area contributed by atoms with E-state index in [-0.39, 0.29) is 5.60 Å². The van der Waals surface area contributed by atoms with E-state index in [0.717, 1.165) is 17.7 Å². The number of para-hydroxylation sites is 2. The van der Waals surface area contributed by atoms with Gasteiger partial charge in [0.25, 0.3) is 0 Å². The van der Waals surface area contributed by atoms with Gasteiger partial charge in [-0.3, -0.25) is 0 Å². The third-order valence-corrected chi connectivity index (χ3v) is 4.27. The van der Waals surface area contributed by atoms with Crippen LogP contribution in [0.3, 0.4) is 0 Å². The average Bonchev–Trinajstić information content (AvgIpc) is 2.55. The van der Waals surface area contributed by atoms with Crippen molar-refractivity contribution in [3.05, 3.63) is 59.7 Å². The molecule has 0 aliphatic carbocycles. The number of unbranched alkanes of at least 4 members (excludes halogenated alkanes) is 3. The van der Waals surface area contributed by atoms with Gasteiger partial charge in [0.2, 0.25) is 0 Å². The zero-order valence-corrected chi connectivity index (χ0v) is 15.2. The van der Waals surface area contributed by atoms with Crippen LogP contribution in [0.4, 0.5) is 0 Å². The Morgan fingerprint density at radius 1 is 0.875 bits per heavy atom. The molecule has 0 amide bonds. The normalized spacial score (nSPS) is 11.5. The van der Waals surface area contributed by atoms with Crippen LogP contribution in [0.1, 0.15) is 57.6 Å². The zero-order chi connectivity index (χ0) is 17.4. The Hall–Kier alpha value is -1.96. The van der Waals surface area contributed by atoms with Crippen LogP contribution in [-0.2, 0) is 12.8 Å². The molecule has 24 heavy (non-hydrogen) atoms. The van der Waals surface area contributed by atoms with Gasteiger partial charge in [-0.25, -0.2) is 0 Å². The third kappa shape index (κ3) is 5.59. The topological polar surface area (TPSA) is 29.5 Å². The molecule has 2 heteroatoms. The molecule has 0 atom stereocenters. The first-order valence-electron chi connectivity index (χ1n) is 9.05. The molecule has 0 aromatic heterocycles. The third-order valence-electron chi connectivity index (χ3n) is 4.27. The molecule has 1 N–H and O–H groups in total. The first-order chi connectivity index (χ1) is 11.5. The van der Waals surface area contributed by atoms with Crippen LogP contribution in [-0.4, -0.2) is 10.7 Å². The lowest BCUT2D eigenvalue weighted by atomic mass is 9.97. The Bertz CT molecular complexity index is 631. The molecule has 0 fully saturated rings. The van der Waals surface area contributed by atoms with Crippen LogP contribution in [0.5, 0.6) is 11.5 Å². The number of hydrogen-bond acceptors (Lipinski definition) is 2. The largest absolute Gasteiger partial charge is 0.508 e. The highest BCUT2D eigenvalue weighted by atomic mass is 16.5. The van der Waals surface area contributed by atoms with Crippen molar-refractivity contribution in [3.63, 3.8) is 0 Å². The fraction of sp³-hybridized carbons (Fsp3) is 0.455. The number of aromatic hydroxyl groups is 1. The van der Waals surface area contributed by atoms with Gasteiger partial charge in [0.15, 0.2) is 0 Å². The summed E-state index contributed by atoms with van der Waals surface area (Å²) in [6, 6.07) is 15.8. The molecule has 0 unspecified atom stereocenters. The van der Waals surface area contributed by atoms with Crippen molar-refractivity contribution in [1.82, 2.24) is 0 Å². The van der Waals surface area contributed by atoms with Gasteiger partial charge in [0.05, 0.1) is 0 Å². The van der Waals surface area contributed by atoms with Crippen LogP contribution < -0.4 is 4.74 Å². The predicted octanol–water partition coefficient (Wildman–Crippen LogP) is 5.92. The van der Waals surface area contributed by atoms with E-state index < -0.39 is 0 Å². The van der Waals surface area contributed by atoms with Crippen molar-refractivity contribution < 1.29 is 9.84 Å². The van der Waals surface area contributed by atoms with E-state index in [0.29, 0.717) is 12.2 Å². The van der Waals surface area contributed by atoms with Crippen molar-refractivity contribution in [2.24, 2.45) is 0 Å². The minimum atomic E-state index is -0.377. The molecule has 0 aliphatic rings. The molecule has 0 aliphatic heterocycles. The lowest BCUT2D eigenvalue weighted by molar-refractivity contribution is 0.107. The highest BCUT2D eigenvalue weighted by Crippen LogP contribution is 2.29. The quantitative estimate of drug-likeness (QED) is 0.580. The Balaban J connectivity index is 2.04. The second kappa shape index (κ2) is 8.77. The van der Waals surface area contributed by atoms with Gasteiger partial charge in [-0.15, -0.1) is 0 Å². The Morgan fingerprint density at radius 2 is 1.54 bits per heavy atom. The summed E-state index contributed by atoms with van der Waals surface area (Å²) < 4.78 is 6.34. The average molecular weight is 326 g/mol. The lowest BCUT2D eigenvalue weighted by Gasteiger charge is -2.28. The van der Waals surface area contributed by atoms with Gasteiger partial charge in [0, 0.05) is 6.42 Å². The summed E-state index contributed by atoms with van der Waals surface area (Å²) >= 11 is 0. The SMILES string of the molecule is CCCCCCc1ccccc1OC(C)(C)Cc1ccccc1O. The van der Waals surface area contributed by atoms with E-state index >= 15 is 0 Å². The number of phenols is 1. The highest BCUT2D eigenvalue weighted by molar-refractivity contribution is 5.36. The van der Waals surface area contributed by atoms with Crippen LogP contribution in [0.15, 0.2) is 48.5 Å². The maximum absolute atomic E-state index is 10.0. The fourth-order valence-electron chi connectivity index (χ4n) is 3.00. The van der Waals surface area contributed by atoms with E-state index in [1.165, 1.54) is 31.2 Å². The Kier molecular flexibility index (Phi) is 6.72. The Morgan fingerprint density at radius 3 is 2.25 bits per heavy atom. The van der Waals surface area contributed by atoms with Crippen LogP contribution in [0, 0.1) is 0 Å². The molecule has 2 rings (SSSR count). The first-order valence-corrected chi connectivity index (χ1v) is 9.05. The van der Waals surface area contributed by atoms with Crippen molar-refractivity contribution in [2.75, 3.05) is 0 Å². The van der Waals surface area contributed by atoms with Crippen molar-refractivity contribution in [3.8, 4) is 11.5 Å². The van der Waals surface area contributed by atoms with Crippen molar-refractivity contribution >= 4 is 0 Å². The number of rotatable bonds is 9. The molecule has 0 spiro atoms. The molecule has 0 saturated carbocycles. The summed E-state index contributed by atoms with van der Waals surface area (Å²) in [6.07, 6.45) is 6.75. The van der Waals surface area contributed by atoms with Gasteiger partial charge < -0.3 is 9.84 Å². The second-order valence-corrected chi connectivity index (χ2v) is 7.09. The standard InChI is InChI=1S/C22H30O2/c1-4-5-6-7-12-18-13-9-11-16-21(18)24-22(2,3)17-19-14-8-10-15-20(19)23/h8-11,13-16,23H,4-7,12,17H2,1-3H3. The molecule has 2 aromatic carbocycles. The fourth-order valence-corrected chi connectivity index (χ4v) is 3.00. The summed E-state index contributed by atoms with van der Waals surface area (Å²) in [5.74, 6) is 1.30. The smallest absolute Gasteiger partial charge is 0.123 e. The maximum atomic E-state index is 10.0. The van der Waals surface area contributed by atoms with Crippen molar-refractivity contribution in [2.45, 2.75) is 64.9 Å². The minimum absolute atomic E-state index is 0.335. The van der Waals surface area contributed by atoms with Crippen LogP contribution in [0.2, 0.25) is 0 Å². The molecule has 0 heterocycles. The van der Waals surface area contributed by atoms with Crippen LogP contribution >= 0.6 is 0 Å². The lowest BCUT2D eigenvalue weighted by Crippen LogP contribution is -2.31. The summed E-state index contributed by atoms with van der Waals surface area (Å²) in [5.41, 5.74) is 1.82. The van der Waals surface area contributed by atoms with Gasteiger partial charge in [-0.1, -0.05) is 62.6 Å². The van der Waals surface area contributed by atoms with Gasteiger partial charge in [-0.2, -0.15) is 0 Å². The monoisotopic (exact) mass is 326 g/mol. The molecular weight excluding hydrogens is 296 g/mol. The van der Waals surface area contributed by atoms with E-state index in [9.17, 15) is 5.11 Å². The molecule has 0 bridgehead atoms. The zero-order valence-electron chi connectivity index (χ0n) is 15.2. The van der Waals surface area contributed by atoms with E-state index in [4.69, 9.17) is 4.74 Å². The summed E-state index contributed by atoms with van der Waals surface area (Å²) in [7, 11) is 0. The van der Waals surface area contributed by atoms with Gasteiger partial charge in [0.1, 0.15) is 17.1 Å². The number of aryl methyl sites for hydroxylation is 1. The van der Waals surface area contributed by atoms with E-state index in [1.54, 1.807) is 6.07 Å². The number of phenolic OH excluding ortho intramolecular Hbond substituents is 1. The minimum Gasteiger partial charge on any atom is -0.508 e. The van der Waals surface area contributed by atoms with Gasteiger partial charge in [-0.05, 0) is 49.9 Å². The summed E-state index contributed by atoms with van der Waals surface area (Å²) in [4.78, 5) is 0. The molecule has 2 aromatic rings. The molecular formula is C22H30O2. The molecule has 2 nitrogen and oxygen atoms in total. The summed E-state index contributed by atoms with van der Waals surface area (Å²) in [6.45, 7) is 6.39. The van der Waals surface area contributed by atoms with E-state index in [1.807, 2.05) is 24.3 Å². The predicted molar refractivity (Wildman–Crippen MR) is 101 cm³/mol. The van der Waals surface area contributed by atoms with Gasteiger partial charge >= 0.3 is 0 Å². The first kappa shape index (κ1) is 18.4. The number of hydrogen-bond donors (Lipinski definition) is 1. The number of ether oxygens (including phenoxy) is 1. The van der Waals surface area contributed by atoms with Crippen molar-refractivity contribution in [1.29, 1.82) is 0 Å². The van der Waals surface area contributed by atoms with Crippen LogP contribution in [0.25, 0.3) is 0 Å². The van der Waals surface area contributed by atoms with E-state index in [2.05, 4.69) is 39.0 Å². The summed E-state index contributed by atoms with van der Waals surface area (Å²) in [5, 5.41) is 10.0. The Labute approximate surface area is 146 Å². The molecule has 130 valence electrons. The second-order valence-electron chi connectivity index (χ2n) is 7.09. The number of benzene rings is 2. The maximum Gasteiger partial charge on any atom is 0.123 e. The molecule has 0 saturated heterocycles.